The van der Waals surface area contributed by atoms with Gasteiger partial charge < -0.3 is 14.2 Å². The molecule has 0 radical (unpaired) electrons. The number of amides is 1. The van der Waals surface area contributed by atoms with Gasteiger partial charge in [0.25, 0.3) is 0 Å². The first-order valence-electron chi connectivity index (χ1n) is 7.61. The van der Waals surface area contributed by atoms with Gasteiger partial charge >= 0.3 is 0 Å². The van der Waals surface area contributed by atoms with E-state index in [-0.39, 0.29) is 5.91 Å². The van der Waals surface area contributed by atoms with Gasteiger partial charge in [-0.05, 0) is 25.1 Å². The normalized spacial score (nSPS) is 22.5. The fourth-order valence-electron chi connectivity index (χ4n) is 2.56. The molecule has 1 aromatic heterocycles. The summed E-state index contributed by atoms with van der Waals surface area (Å²) < 4.78 is 5.43. The van der Waals surface area contributed by atoms with E-state index >= 15 is 0 Å². The van der Waals surface area contributed by atoms with E-state index < -0.39 is 0 Å². The minimum Gasteiger partial charge on any atom is -0.462 e. The molecule has 2 aliphatic heterocycles. The lowest BCUT2D eigenvalue weighted by atomic mass is 10.3. The lowest BCUT2D eigenvalue weighted by molar-refractivity contribution is -0.127. The van der Waals surface area contributed by atoms with Crippen molar-refractivity contribution >= 4 is 28.9 Å². The molecule has 1 unspecified atom stereocenters. The van der Waals surface area contributed by atoms with Gasteiger partial charge in [0.15, 0.2) is 5.17 Å². The number of carbonyl (C=O) groups is 1. The molecular weight excluding hydrogens is 298 g/mol. The van der Waals surface area contributed by atoms with Gasteiger partial charge in [-0.3, -0.25) is 9.79 Å². The maximum absolute atomic E-state index is 12.2. The summed E-state index contributed by atoms with van der Waals surface area (Å²) in [6.45, 7) is 8.20. The Morgan fingerprint density at radius 2 is 2.14 bits per heavy atom. The van der Waals surface area contributed by atoms with Crippen molar-refractivity contribution < 1.29 is 9.21 Å². The van der Waals surface area contributed by atoms with Crippen LogP contribution in [-0.4, -0.2) is 58.8 Å². The summed E-state index contributed by atoms with van der Waals surface area (Å²) in [5.41, 5.74) is 0. The fraction of sp³-hybridized carbons (Fsp3) is 0.500. The summed E-state index contributed by atoms with van der Waals surface area (Å²) >= 11 is 1.84. The monoisotopic (exact) mass is 319 g/mol. The highest BCUT2D eigenvalue weighted by atomic mass is 32.2. The Hall–Kier alpha value is -1.69. The van der Waals surface area contributed by atoms with E-state index in [4.69, 9.17) is 4.42 Å². The average Bonchev–Trinajstić information content (AvgIpc) is 3.13. The number of rotatable bonds is 2. The molecular formula is C16H21N3O2S. The molecule has 1 saturated heterocycles. The Morgan fingerprint density at radius 3 is 2.73 bits per heavy atom. The highest BCUT2D eigenvalue weighted by molar-refractivity contribution is 8.14. The summed E-state index contributed by atoms with van der Waals surface area (Å²) in [4.78, 5) is 20.9. The number of carbonyl (C=O) groups excluding carboxylic acids is 1. The first-order valence-corrected chi connectivity index (χ1v) is 8.49. The van der Waals surface area contributed by atoms with Crippen molar-refractivity contribution in [2.24, 2.45) is 4.99 Å². The predicted octanol–water partition coefficient (Wildman–Crippen LogP) is 2.24. The van der Waals surface area contributed by atoms with Crippen LogP contribution < -0.4 is 0 Å². The first-order chi connectivity index (χ1) is 10.6. The molecule has 6 heteroatoms. The van der Waals surface area contributed by atoms with E-state index in [0.29, 0.717) is 5.25 Å². The van der Waals surface area contributed by atoms with Crippen LogP contribution in [0.3, 0.4) is 0 Å². The standard InChI is InChI=1S/C16H21N3O2S/c1-12-3-4-14(21-12)5-6-15(20)18-7-9-19(10-8-18)16-17-11-13(2)22-16/h3-6,13H,7-11H2,1-2H3. The maximum Gasteiger partial charge on any atom is 0.246 e. The van der Waals surface area contributed by atoms with Crippen molar-refractivity contribution in [3.05, 3.63) is 29.7 Å². The Labute approximate surface area is 135 Å². The van der Waals surface area contributed by atoms with Gasteiger partial charge in [-0.2, -0.15) is 0 Å². The number of furan rings is 1. The second-order valence-corrected chi connectivity index (χ2v) is 7.05. The smallest absolute Gasteiger partial charge is 0.246 e. The Bertz CT molecular complexity index is 600. The number of aryl methyl sites for hydroxylation is 1. The van der Waals surface area contributed by atoms with Crippen molar-refractivity contribution in [1.82, 2.24) is 9.80 Å². The third-order valence-corrected chi connectivity index (χ3v) is 4.95. The number of piperazine rings is 1. The SMILES string of the molecule is Cc1ccc(C=CC(=O)N2CCN(C3=NCC(C)S3)CC2)o1. The first kappa shape index (κ1) is 15.2. The number of nitrogens with zero attached hydrogens (tertiary/aromatic N) is 3. The molecule has 2 aliphatic rings. The van der Waals surface area contributed by atoms with Gasteiger partial charge in [0.1, 0.15) is 11.5 Å². The third-order valence-electron chi connectivity index (χ3n) is 3.80. The van der Waals surface area contributed by atoms with E-state index in [0.717, 1.165) is 49.4 Å². The second kappa shape index (κ2) is 6.60. The minimum atomic E-state index is 0.0445. The topological polar surface area (TPSA) is 49.1 Å². The molecule has 0 aromatic carbocycles. The molecule has 0 aliphatic carbocycles. The number of hydrogen-bond acceptors (Lipinski definition) is 5. The second-order valence-electron chi connectivity index (χ2n) is 5.65. The number of amidine groups is 1. The van der Waals surface area contributed by atoms with Crippen LogP contribution in [0.15, 0.2) is 27.6 Å². The van der Waals surface area contributed by atoms with Crippen LogP contribution in [0.2, 0.25) is 0 Å². The largest absolute Gasteiger partial charge is 0.462 e. The molecule has 1 aromatic rings. The zero-order chi connectivity index (χ0) is 15.5. The Balaban J connectivity index is 1.50. The maximum atomic E-state index is 12.2. The Kier molecular flexibility index (Phi) is 4.57. The van der Waals surface area contributed by atoms with Crippen molar-refractivity contribution in [1.29, 1.82) is 0 Å². The average molecular weight is 319 g/mol. The van der Waals surface area contributed by atoms with Crippen molar-refractivity contribution in [2.75, 3.05) is 32.7 Å². The van der Waals surface area contributed by atoms with E-state index in [1.54, 1.807) is 12.2 Å². The quantitative estimate of drug-likeness (QED) is 0.785. The summed E-state index contributed by atoms with van der Waals surface area (Å²) in [5.74, 6) is 1.61. The molecule has 0 bridgehead atoms. The zero-order valence-electron chi connectivity index (χ0n) is 13.0. The molecule has 0 N–H and O–H groups in total. The molecule has 0 spiro atoms. The molecule has 5 nitrogen and oxygen atoms in total. The lowest BCUT2D eigenvalue weighted by Crippen LogP contribution is -2.49. The van der Waals surface area contributed by atoms with Crippen LogP contribution >= 0.6 is 11.8 Å². The molecule has 1 atom stereocenters. The van der Waals surface area contributed by atoms with Gasteiger partial charge in [0, 0.05) is 37.5 Å². The summed E-state index contributed by atoms with van der Waals surface area (Å²) in [6, 6.07) is 3.76. The fourth-order valence-corrected chi connectivity index (χ4v) is 3.55. The van der Waals surface area contributed by atoms with Crippen LogP contribution in [0, 0.1) is 6.92 Å². The van der Waals surface area contributed by atoms with Crippen LogP contribution in [-0.2, 0) is 4.79 Å². The van der Waals surface area contributed by atoms with E-state index in [9.17, 15) is 4.79 Å². The number of thioether (sulfide) groups is 1. The molecule has 22 heavy (non-hydrogen) atoms. The molecule has 3 heterocycles. The van der Waals surface area contributed by atoms with E-state index in [1.165, 1.54) is 0 Å². The van der Waals surface area contributed by atoms with Gasteiger partial charge in [0.05, 0.1) is 6.54 Å². The Morgan fingerprint density at radius 1 is 1.36 bits per heavy atom. The molecule has 3 rings (SSSR count). The van der Waals surface area contributed by atoms with Crippen LogP contribution in [0.25, 0.3) is 6.08 Å². The van der Waals surface area contributed by atoms with Crippen LogP contribution in [0.4, 0.5) is 0 Å². The molecule has 1 amide bonds. The van der Waals surface area contributed by atoms with Crippen molar-refractivity contribution in [3.63, 3.8) is 0 Å². The van der Waals surface area contributed by atoms with Gasteiger partial charge in [-0.1, -0.05) is 18.7 Å². The van der Waals surface area contributed by atoms with E-state index in [1.807, 2.05) is 35.7 Å². The summed E-state index contributed by atoms with van der Waals surface area (Å²) in [6.07, 6.45) is 3.33. The highest BCUT2D eigenvalue weighted by Gasteiger charge is 2.25. The summed E-state index contributed by atoms with van der Waals surface area (Å²) in [7, 11) is 0. The van der Waals surface area contributed by atoms with Gasteiger partial charge in [-0.15, -0.1) is 0 Å². The lowest BCUT2D eigenvalue weighted by Gasteiger charge is -2.35. The third kappa shape index (κ3) is 3.55. The zero-order valence-corrected chi connectivity index (χ0v) is 13.8. The van der Waals surface area contributed by atoms with E-state index in [2.05, 4.69) is 16.8 Å². The minimum absolute atomic E-state index is 0.0445. The van der Waals surface area contributed by atoms with Gasteiger partial charge in [-0.25, -0.2) is 0 Å². The number of aliphatic imine (C=N–C) groups is 1. The van der Waals surface area contributed by atoms with Crippen LogP contribution in [0.1, 0.15) is 18.4 Å². The molecule has 118 valence electrons. The van der Waals surface area contributed by atoms with Gasteiger partial charge in [0.2, 0.25) is 5.91 Å². The molecule has 1 fully saturated rings. The van der Waals surface area contributed by atoms with Crippen LogP contribution in [0.5, 0.6) is 0 Å². The predicted molar refractivity (Wildman–Crippen MR) is 90.0 cm³/mol. The van der Waals surface area contributed by atoms with Crippen molar-refractivity contribution in [2.45, 2.75) is 19.1 Å². The highest BCUT2D eigenvalue weighted by Crippen LogP contribution is 2.23. The van der Waals surface area contributed by atoms with Crippen molar-refractivity contribution in [3.8, 4) is 0 Å². The summed E-state index contributed by atoms with van der Waals surface area (Å²) in [5, 5.41) is 1.72. The molecule has 0 saturated carbocycles. The number of hydrogen-bond donors (Lipinski definition) is 0.